The smallest absolute Gasteiger partial charge is 0.342 e. The summed E-state index contributed by atoms with van der Waals surface area (Å²) in [6.07, 6.45) is 0. The van der Waals surface area contributed by atoms with Gasteiger partial charge in [-0.1, -0.05) is 34.8 Å². The number of hydrogen-bond donors (Lipinski definition) is 3. The van der Waals surface area contributed by atoms with E-state index in [2.05, 4.69) is 15.0 Å². The standard InChI is InChI=1S/C11H10Cl3N5O2S/c1-2-21-9(20)3-5-4(8(16)19-10(22)17-5)7(15)18-6(3)11(12,13)14/h2H2,1H3,(H2,15,18)(H3,16,17,19,22). The fourth-order valence-electron chi connectivity index (χ4n) is 1.90. The van der Waals surface area contributed by atoms with Gasteiger partial charge in [-0.2, -0.15) is 0 Å². The van der Waals surface area contributed by atoms with Crippen LogP contribution in [0, 0.1) is 4.77 Å². The average molecular weight is 383 g/mol. The van der Waals surface area contributed by atoms with Crippen LogP contribution in [0.25, 0.3) is 10.9 Å². The van der Waals surface area contributed by atoms with E-state index >= 15 is 0 Å². The first-order valence-corrected chi connectivity index (χ1v) is 7.44. The van der Waals surface area contributed by atoms with Crippen LogP contribution in [0.3, 0.4) is 0 Å². The molecule has 0 saturated carbocycles. The number of carbonyl (C=O) groups is 1. The Kier molecular flexibility index (Phi) is 4.67. The van der Waals surface area contributed by atoms with Crippen molar-refractivity contribution in [2.45, 2.75) is 10.7 Å². The number of esters is 1. The molecule has 11 heteroatoms. The maximum atomic E-state index is 12.3. The summed E-state index contributed by atoms with van der Waals surface area (Å²) < 4.78 is 3.02. The summed E-state index contributed by atoms with van der Waals surface area (Å²) in [5, 5.41) is 0.203. The van der Waals surface area contributed by atoms with Gasteiger partial charge in [0, 0.05) is 0 Å². The molecule has 0 aliphatic rings. The number of hydrogen-bond acceptors (Lipinski definition) is 7. The highest BCUT2D eigenvalue weighted by Crippen LogP contribution is 2.42. The van der Waals surface area contributed by atoms with E-state index in [1.165, 1.54) is 0 Å². The van der Waals surface area contributed by atoms with Gasteiger partial charge in [-0.05, 0) is 19.1 Å². The van der Waals surface area contributed by atoms with E-state index in [1.807, 2.05) is 0 Å². The van der Waals surface area contributed by atoms with E-state index in [1.54, 1.807) is 6.92 Å². The Balaban J connectivity index is 3.00. The van der Waals surface area contributed by atoms with Crippen molar-refractivity contribution in [2.24, 2.45) is 0 Å². The molecule has 5 N–H and O–H groups in total. The van der Waals surface area contributed by atoms with Crippen molar-refractivity contribution >= 4 is 75.5 Å². The number of aromatic amines is 1. The van der Waals surface area contributed by atoms with Crippen LogP contribution in [-0.4, -0.2) is 27.5 Å². The zero-order chi connectivity index (χ0) is 16.7. The third-order valence-electron chi connectivity index (χ3n) is 2.68. The van der Waals surface area contributed by atoms with Crippen molar-refractivity contribution in [3.8, 4) is 0 Å². The molecule has 0 aliphatic heterocycles. The molecule has 22 heavy (non-hydrogen) atoms. The van der Waals surface area contributed by atoms with E-state index in [0.29, 0.717) is 0 Å². The quantitative estimate of drug-likeness (QED) is 0.415. The molecule has 118 valence electrons. The number of ether oxygens (including phenoxy) is 1. The van der Waals surface area contributed by atoms with Crippen molar-refractivity contribution in [3.63, 3.8) is 0 Å². The fourth-order valence-corrected chi connectivity index (χ4v) is 2.51. The Hall–Kier alpha value is -1.35. The van der Waals surface area contributed by atoms with Crippen LogP contribution in [0.15, 0.2) is 0 Å². The number of nitrogen functional groups attached to an aromatic ring is 2. The summed E-state index contributed by atoms with van der Waals surface area (Å²) in [6.45, 7) is 1.75. The number of carbonyl (C=O) groups excluding carboxylic acids is 1. The average Bonchev–Trinajstić information content (AvgIpc) is 2.36. The van der Waals surface area contributed by atoms with E-state index in [-0.39, 0.29) is 45.2 Å². The molecule has 2 aromatic rings. The molecule has 0 atom stereocenters. The number of anilines is 2. The predicted octanol–water partition coefficient (Wildman–Crippen LogP) is 2.86. The number of fused-ring (bicyclic) bond motifs is 1. The Morgan fingerprint density at radius 2 is 1.91 bits per heavy atom. The highest BCUT2D eigenvalue weighted by atomic mass is 35.6. The number of aromatic nitrogens is 3. The van der Waals surface area contributed by atoms with E-state index in [4.69, 9.17) is 63.2 Å². The number of alkyl halides is 3. The van der Waals surface area contributed by atoms with Crippen LogP contribution in [0.4, 0.5) is 11.6 Å². The lowest BCUT2D eigenvalue weighted by Gasteiger charge is -2.18. The van der Waals surface area contributed by atoms with Crippen molar-refractivity contribution in [1.29, 1.82) is 0 Å². The second-order valence-electron chi connectivity index (χ2n) is 4.12. The largest absolute Gasteiger partial charge is 0.462 e. The number of nitrogens with one attached hydrogen (secondary N) is 1. The SMILES string of the molecule is CCOC(=O)c1c(C(Cl)(Cl)Cl)nc(N)c2c(N)nc(=S)[nH]c12. The van der Waals surface area contributed by atoms with Crippen molar-refractivity contribution < 1.29 is 9.53 Å². The van der Waals surface area contributed by atoms with Gasteiger partial charge in [-0.25, -0.2) is 14.8 Å². The number of pyridine rings is 1. The van der Waals surface area contributed by atoms with E-state index in [0.717, 1.165) is 0 Å². The molecule has 0 saturated heterocycles. The summed E-state index contributed by atoms with van der Waals surface area (Å²) in [7, 11) is 0. The Labute approximate surface area is 144 Å². The van der Waals surface area contributed by atoms with Crippen LogP contribution >= 0.6 is 47.0 Å². The molecule has 2 aromatic heterocycles. The Bertz CT molecular complexity index is 818. The number of rotatable bonds is 2. The molecule has 0 unspecified atom stereocenters. The minimum Gasteiger partial charge on any atom is -0.462 e. The number of nitrogens with two attached hydrogens (primary N) is 2. The van der Waals surface area contributed by atoms with Crippen LogP contribution in [0.1, 0.15) is 23.0 Å². The molecule has 0 aliphatic carbocycles. The van der Waals surface area contributed by atoms with Crippen LogP contribution in [0.2, 0.25) is 0 Å². The summed E-state index contributed by atoms with van der Waals surface area (Å²) >= 11 is 22.6. The minimum atomic E-state index is -2.00. The van der Waals surface area contributed by atoms with Gasteiger partial charge in [0.15, 0.2) is 4.77 Å². The monoisotopic (exact) mass is 381 g/mol. The van der Waals surface area contributed by atoms with Gasteiger partial charge in [0.05, 0.1) is 17.5 Å². The summed E-state index contributed by atoms with van der Waals surface area (Å²) in [6, 6.07) is 0. The first-order chi connectivity index (χ1) is 10.2. The molecular weight excluding hydrogens is 373 g/mol. The maximum Gasteiger partial charge on any atom is 0.342 e. The Morgan fingerprint density at radius 1 is 1.32 bits per heavy atom. The van der Waals surface area contributed by atoms with Gasteiger partial charge >= 0.3 is 5.97 Å². The van der Waals surface area contributed by atoms with Gasteiger partial charge in [-0.3, -0.25) is 0 Å². The summed E-state index contributed by atoms with van der Waals surface area (Å²) in [4.78, 5) is 22.8. The normalized spacial score (nSPS) is 11.6. The van der Waals surface area contributed by atoms with E-state index in [9.17, 15) is 4.79 Å². The molecule has 7 nitrogen and oxygen atoms in total. The first-order valence-electron chi connectivity index (χ1n) is 5.90. The van der Waals surface area contributed by atoms with Gasteiger partial charge in [0.1, 0.15) is 22.9 Å². The predicted molar refractivity (Wildman–Crippen MR) is 88.7 cm³/mol. The number of H-pyrrole nitrogens is 1. The second kappa shape index (κ2) is 6.04. The number of nitrogens with zero attached hydrogens (tertiary/aromatic N) is 2. The highest BCUT2D eigenvalue weighted by Gasteiger charge is 2.34. The van der Waals surface area contributed by atoms with Gasteiger partial charge in [0.25, 0.3) is 0 Å². The lowest BCUT2D eigenvalue weighted by atomic mass is 10.1. The lowest BCUT2D eigenvalue weighted by molar-refractivity contribution is 0.0526. The topological polar surface area (TPSA) is 120 Å². The third-order valence-corrected chi connectivity index (χ3v) is 3.41. The summed E-state index contributed by atoms with van der Waals surface area (Å²) in [5.74, 6) is -0.802. The zero-order valence-corrected chi connectivity index (χ0v) is 14.2. The lowest BCUT2D eigenvalue weighted by Crippen LogP contribution is -2.18. The molecule has 0 bridgehead atoms. The molecular formula is C11H10Cl3N5O2S. The van der Waals surface area contributed by atoms with Crippen molar-refractivity contribution in [1.82, 2.24) is 15.0 Å². The zero-order valence-electron chi connectivity index (χ0n) is 11.1. The molecule has 0 radical (unpaired) electrons. The first kappa shape index (κ1) is 17.0. The molecule has 2 rings (SSSR count). The molecule has 0 spiro atoms. The van der Waals surface area contributed by atoms with Crippen LogP contribution < -0.4 is 11.5 Å². The van der Waals surface area contributed by atoms with Crippen LogP contribution in [-0.2, 0) is 8.53 Å². The third kappa shape index (κ3) is 3.05. The minimum absolute atomic E-state index is 0.00478. The fraction of sp³-hybridized carbons (Fsp3) is 0.273. The van der Waals surface area contributed by atoms with Crippen molar-refractivity contribution in [3.05, 3.63) is 16.0 Å². The molecule has 0 fully saturated rings. The van der Waals surface area contributed by atoms with Crippen LogP contribution in [0.5, 0.6) is 0 Å². The number of halogens is 3. The molecule has 0 amide bonds. The highest BCUT2D eigenvalue weighted by molar-refractivity contribution is 7.71. The van der Waals surface area contributed by atoms with Gasteiger partial charge < -0.3 is 21.2 Å². The van der Waals surface area contributed by atoms with Gasteiger partial charge in [0.2, 0.25) is 3.79 Å². The maximum absolute atomic E-state index is 12.3. The molecule has 2 heterocycles. The van der Waals surface area contributed by atoms with Crippen molar-refractivity contribution in [2.75, 3.05) is 18.1 Å². The van der Waals surface area contributed by atoms with E-state index < -0.39 is 9.76 Å². The second-order valence-corrected chi connectivity index (χ2v) is 6.78. The summed E-state index contributed by atoms with van der Waals surface area (Å²) in [5.41, 5.74) is 11.5. The Morgan fingerprint density at radius 3 is 2.45 bits per heavy atom. The van der Waals surface area contributed by atoms with Gasteiger partial charge in [-0.15, -0.1) is 0 Å². The molecule has 0 aromatic carbocycles.